The predicted octanol–water partition coefficient (Wildman–Crippen LogP) is 2.73. The van der Waals surface area contributed by atoms with Gasteiger partial charge < -0.3 is 24.3 Å². The summed E-state index contributed by atoms with van der Waals surface area (Å²) in [5, 5.41) is 2.74. The van der Waals surface area contributed by atoms with Gasteiger partial charge in [-0.1, -0.05) is 6.07 Å². The molecule has 0 fully saturated rings. The molecule has 0 radical (unpaired) electrons. The van der Waals surface area contributed by atoms with Crippen molar-refractivity contribution in [3.05, 3.63) is 42.5 Å². The van der Waals surface area contributed by atoms with Crippen molar-refractivity contribution < 1.29 is 23.7 Å². The van der Waals surface area contributed by atoms with Crippen LogP contribution in [-0.2, 0) is 4.79 Å². The second kappa shape index (κ2) is 7.93. The minimum atomic E-state index is -0.289. The summed E-state index contributed by atoms with van der Waals surface area (Å²) in [6.07, 6.45) is 0. The van der Waals surface area contributed by atoms with Gasteiger partial charge in [-0.2, -0.15) is 0 Å². The summed E-state index contributed by atoms with van der Waals surface area (Å²) in [5.41, 5.74) is 0.659. The first-order chi connectivity index (χ1) is 11.2. The molecule has 2 rings (SSSR count). The van der Waals surface area contributed by atoms with Crippen LogP contribution in [0.4, 0.5) is 5.69 Å². The lowest BCUT2D eigenvalue weighted by Gasteiger charge is -2.14. The maximum Gasteiger partial charge on any atom is 0.262 e. The summed E-state index contributed by atoms with van der Waals surface area (Å²) in [6, 6.07) is 12.3. The van der Waals surface area contributed by atoms with Crippen molar-refractivity contribution in [1.29, 1.82) is 0 Å². The molecule has 0 aliphatic carbocycles. The van der Waals surface area contributed by atoms with Crippen LogP contribution in [0.25, 0.3) is 0 Å². The summed E-state index contributed by atoms with van der Waals surface area (Å²) in [7, 11) is 4.64. The normalized spacial score (nSPS) is 9.87. The van der Waals surface area contributed by atoms with E-state index in [-0.39, 0.29) is 12.5 Å². The largest absolute Gasteiger partial charge is 0.497 e. The van der Waals surface area contributed by atoms with Crippen LogP contribution in [-0.4, -0.2) is 33.8 Å². The van der Waals surface area contributed by atoms with Gasteiger partial charge in [-0.05, 0) is 36.4 Å². The Hall–Kier alpha value is -2.89. The minimum Gasteiger partial charge on any atom is -0.497 e. The molecule has 0 saturated carbocycles. The number of hydrogen-bond acceptors (Lipinski definition) is 5. The molecule has 0 saturated heterocycles. The first-order valence-corrected chi connectivity index (χ1v) is 6.95. The Bertz CT molecular complexity index is 632. The number of amides is 1. The van der Waals surface area contributed by atoms with Gasteiger partial charge in [0.25, 0.3) is 5.91 Å². The van der Waals surface area contributed by atoms with Crippen molar-refractivity contribution in [2.75, 3.05) is 33.3 Å². The van der Waals surface area contributed by atoms with Gasteiger partial charge in [0.15, 0.2) is 18.1 Å². The van der Waals surface area contributed by atoms with Gasteiger partial charge >= 0.3 is 0 Å². The number of ether oxygens (including phenoxy) is 4. The molecule has 2 aromatic carbocycles. The van der Waals surface area contributed by atoms with Crippen molar-refractivity contribution in [3.8, 4) is 23.0 Å². The fraction of sp³-hybridized carbons (Fsp3) is 0.235. The zero-order valence-electron chi connectivity index (χ0n) is 13.3. The third-order valence-electron chi connectivity index (χ3n) is 3.10. The van der Waals surface area contributed by atoms with Crippen molar-refractivity contribution >= 4 is 11.6 Å². The topological polar surface area (TPSA) is 66.0 Å². The van der Waals surface area contributed by atoms with Crippen LogP contribution in [0.5, 0.6) is 23.0 Å². The molecule has 0 aliphatic rings. The predicted molar refractivity (Wildman–Crippen MR) is 86.7 cm³/mol. The van der Waals surface area contributed by atoms with E-state index in [9.17, 15) is 4.79 Å². The monoisotopic (exact) mass is 317 g/mol. The van der Waals surface area contributed by atoms with Gasteiger partial charge in [-0.15, -0.1) is 0 Å². The molecule has 0 atom stereocenters. The third kappa shape index (κ3) is 4.29. The van der Waals surface area contributed by atoms with Crippen LogP contribution in [0.1, 0.15) is 0 Å². The van der Waals surface area contributed by atoms with Gasteiger partial charge in [0.05, 0.1) is 21.3 Å². The number of carbonyl (C=O) groups excluding carboxylic acids is 1. The average Bonchev–Trinajstić information content (AvgIpc) is 2.60. The van der Waals surface area contributed by atoms with Gasteiger partial charge in [0.2, 0.25) is 5.75 Å². The van der Waals surface area contributed by atoms with Crippen LogP contribution >= 0.6 is 0 Å². The second-order valence-corrected chi connectivity index (χ2v) is 4.56. The van der Waals surface area contributed by atoms with E-state index in [0.29, 0.717) is 22.9 Å². The van der Waals surface area contributed by atoms with Gasteiger partial charge in [0, 0.05) is 5.69 Å². The lowest BCUT2D eigenvalue weighted by atomic mass is 10.3. The van der Waals surface area contributed by atoms with Gasteiger partial charge in [-0.25, -0.2) is 0 Å². The van der Waals surface area contributed by atoms with E-state index in [2.05, 4.69) is 5.32 Å². The Balaban J connectivity index is 1.98. The summed E-state index contributed by atoms with van der Waals surface area (Å²) in [6.45, 7) is -0.164. The molecule has 0 bridgehead atoms. The van der Waals surface area contributed by atoms with Crippen LogP contribution in [0.2, 0.25) is 0 Å². The van der Waals surface area contributed by atoms with Crippen molar-refractivity contribution in [2.45, 2.75) is 0 Å². The summed E-state index contributed by atoms with van der Waals surface area (Å²) >= 11 is 0. The zero-order chi connectivity index (χ0) is 16.7. The molecule has 6 heteroatoms. The highest BCUT2D eigenvalue weighted by Crippen LogP contribution is 2.36. The Morgan fingerprint density at radius 3 is 2.04 bits per heavy atom. The molecular formula is C17H19NO5. The van der Waals surface area contributed by atoms with Crippen molar-refractivity contribution in [3.63, 3.8) is 0 Å². The van der Waals surface area contributed by atoms with E-state index in [4.69, 9.17) is 18.9 Å². The fourth-order valence-corrected chi connectivity index (χ4v) is 1.97. The highest BCUT2D eigenvalue weighted by Gasteiger charge is 2.13. The quantitative estimate of drug-likeness (QED) is 0.850. The minimum absolute atomic E-state index is 0.164. The van der Waals surface area contributed by atoms with E-state index < -0.39 is 0 Å². The van der Waals surface area contributed by atoms with Crippen LogP contribution in [0, 0.1) is 0 Å². The molecule has 2 aromatic rings. The maximum absolute atomic E-state index is 12.0. The summed E-state index contributed by atoms with van der Waals surface area (Å²) in [5.74, 6) is 1.83. The van der Waals surface area contributed by atoms with E-state index in [1.807, 2.05) is 0 Å². The number of nitrogens with one attached hydrogen (secondary N) is 1. The van der Waals surface area contributed by atoms with Crippen LogP contribution in [0.3, 0.4) is 0 Å². The average molecular weight is 317 g/mol. The Labute approximate surface area is 134 Å². The van der Waals surface area contributed by atoms with Crippen LogP contribution < -0.4 is 24.3 Å². The molecule has 0 heterocycles. The molecule has 0 aromatic heterocycles. The molecule has 122 valence electrons. The Morgan fingerprint density at radius 1 is 0.913 bits per heavy atom. The first kappa shape index (κ1) is 16.5. The molecule has 0 unspecified atom stereocenters. The SMILES string of the molecule is COc1ccc(NC(=O)COc2c(OC)cccc2OC)cc1. The van der Waals surface area contributed by atoms with E-state index in [1.54, 1.807) is 49.6 Å². The number of rotatable bonds is 7. The van der Waals surface area contributed by atoms with Gasteiger partial charge in [-0.3, -0.25) is 4.79 Å². The molecule has 1 amide bonds. The van der Waals surface area contributed by atoms with E-state index >= 15 is 0 Å². The van der Waals surface area contributed by atoms with Crippen molar-refractivity contribution in [2.24, 2.45) is 0 Å². The van der Waals surface area contributed by atoms with E-state index in [0.717, 1.165) is 5.75 Å². The highest BCUT2D eigenvalue weighted by molar-refractivity contribution is 5.92. The molecular weight excluding hydrogens is 298 g/mol. The summed E-state index contributed by atoms with van der Waals surface area (Å²) in [4.78, 5) is 12.0. The fourth-order valence-electron chi connectivity index (χ4n) is 1.97. The number of hydrogen-bond donors (Lipinski definition) is 1. The third-order valence-corrected chi connectivity index (χ3v) is 3.10. The summed E-state index contributed by atoms with van der Waals surface area (Å²) < 4.78 is 21.0. The maximum atomic E-state index is 12.0. The molecule has 0 spiro atoms. The van der Waals surface area contributed by atoms with Gasteiger partial charge in [0.1, 0.15) is 5.75 Å². The van der Waals surface area contributed by atoms with Crippen LogP contribution in [0.15, 0.2) is 42.5 Å². The lowest BCUT2D eigenvalue weighted by Crippen LogP contribution is -2.20. The molecule has 23 heavy (non-hydrogen) atoms. The zero-order valence-corrected chi connectivity index (χ0v) is 13.3. The lowest BCUT2D eigenvalue weighted by molar-refractivity contribution is -0.118. The van der Waals surface area contributed by atoms with Crippen molar-refractivity contribution in [1.82, 2.24) is 0 Å². The number of benzene rings is 2. The highest BCUT2D eigenvalue weighted by atomic mass is 16.5. The molecule has 0 aliphatic heterocycles. The number of anilines is 1. The molecule has 1 N–H and O–H groups in total. The van der Waals surface area contributed by atoms with E-state index in [1.165, 1.54) is 14.2 Å². The first-order valence-electron chi connectivity index (χ1n) is 6.95. The Kier molecular flexibility index (Phi) is 5.68. The molecule has 6 nitrogen and oxygen atoms in total. The second-order valence-electron chi connectivity index (χ2n) is 4.56. The standard InChI is InChI=1S/C17H19NO5/c1-20-13-9-7-12(8-10-13)18-16(19)11-23-17-14(21-2)5-4-6-15(17)22-3/h4-10H,11H2,1-3H3,(H,18,19). The number of methoxy groups -OCH3 is 3. The smallest absolute Gasteiger partial charge is 0.262 e. The Morgan fingerprint density at radius 2 is 1.52 bits per heavy atom. The number of para-hydroxylation sites is 1. The number of carbonyl (C=O) groups is 1.